The summed E-state index contributed by atoms with van der Waals surface area (Å²) in [5.74, 6) is 1.94. The monoisotopic (exact) mass is 280 g/mol. The lowest BCUT2D eigenvalue weighted by Crippen LogP contribution is -2.09. The van der Waals surface area contributed by atoms with Crippen LogP contribution in [0, 0.1) is 5.92 Å². The van der Waals surface area contributed by atoms with Crippen molar-refractivity contribution in [3.63, 3.8) is 0 Å². The SMILES string of the molecule is CCOc1ncnc(NCCCCCCC(C)C)c1N. The molecule has 114 valence electrons. The number of nitrogens with one attached hydrogen (secondary N) is 1. The molecule has 5 heteroatoms. The van der Waals surface area contributed by atoms with Crippen molar-refractivity contribution >= 4 is 11.5 Å². The van der Waals surface area contributed by atoms with Gasteiger partial charge in [-0.3, -0.25) is 0 Å². The van der Waals surface area contributed by atoms with Crippen LogP contribution in [0.25, 0.3) is 0 Å². The first kappa shape index (κ1) is 16.5. The van der Waals surface area contributed by atoms with Gasteiger partial charge in [0.15, 0.2) is 5.82 Å². The summed E-state index contributed by atoms with van der Waals surface area (Å²) in [5, 5.41) is 3.26. The molecule has 20 heavy (non-hydrogen) atoms. The highest BCUT2D eigenvalue weighted by molar-refractivity contribution is 5.66. The molecule has 3 N–H and O–H groups in total. The van der Waals surface area contributed by atoms with Crippen LogP contribution in [-0.4, -0.2) is 23.1 Å². The number of unbranched alkanes of at least 4 members (excludes halogenated alkanes) is 3. The number of nitrogen functional groups attached to an aromatic ring is 1. The maximum atomic E-state index is 5.95. The Morgan fingerprint density at radius 3 is 2.65 bits per heavy atom. The van der Waals surface area contributed by atoms with Gasteiger partial charge in [0.1, 0.15) is 12.0 Å². The normalized spacial score (nSPS) is 10.8. The topological polar surface area (TPSA) is 73.1 Å². The molecule has 0 fully saturated rings. The minimum Gasteiger partial charge on any atom is -0.476 e. The zero-order chi connectivity index (χ0) is 14.8. The van der Waals surface area contributed by atoms with E-state index in [-0.39, 0.29) is 0 Å². The quantitative estimate of drug-likeness (QED) is 0.642. The fourth-order valence-electron chi connectivity index (χ4n) is 2.01. The zero-order valence-electron chi connectivity index (χ0n) is 13.0. The fraction of sp³-hybridized carbons (Fsp3) is 0.733. The van der Waals surface area contributed by atoms with E-state index in [4.69, 9.17) is 10.5 Å². The molecule has 1 aromatic rings. The molecule has 1 rings (SSSR count). The van der Waals surface area contributed by atoms with Gasteiger partial charge in [-0.05, 0) is 19.3 Å². The molecule has 0 spiro atoms. The van der Waals surface area contributed by atoms with Crippen LogP contribution in [-0.2, 0) is 0 Å². The van der Waals surface area contributed by atoms with E-state index in [2.05, 4.69) is 29.1 Å². The average Bonchev–Trinajstić information content (AvgIpc) is 2.41. The third kappa shape index (κ3) is 6.08. The van der Waals surface area contributed by atoms with Crippen LogP contribution in [0.4, 0.5) is 11.5 Å². The molecule has 1 heterocycles. The van der Waals surface area contributed by atoms with Crippen LogP contribution in [0.1, 0.15) is 52.9 Å². The minimum atomic E-state index is 0.460. The van der Waals surface area contributed by atoms with Gasteiger partial charge in [-0.2, -0.15) is 4.98 Å². The highest BCUT2D eigenvalue weighted by Gasteiger charge is 2.07. The summed E-state index contributed by atoms with van der Waals surface area (Å²) in [6, 6.07) is 0. The van der Waals surface area contributed by atoms with Crippen LogP contribution in [0.3, 0.4) is 0 Å². The van der Waals surface area contributed by atoms with Crippen molar-refractivity contribution < 1.29 is 4.74 Å². The van der Waals surface area contributed by atoms with E-state index in [1.807, 2.05) is 6.92 Å². The van der Waals surface area contributed by atoms with Crippen molar-refractivity contribution in [2.24, 2.45) is 5.92 Å². The highest BCUT2D eigenvalue weighted by Crippen LogP contribution is 2.24. The lowest BCUT2D eigenvalue weighted by atomic mass is 10.0. The number of nitrogens with two attached hydrogens (primary N) is 1. The Morgan fingerprint density at radius 2 is 1.95 bits per heavy atom. The van der Waals surface area contributed by atoms with E-state index in [0.717, 1.165) is 18.9 Å². The van der Waals surface area contributed by atoms with Gasteiger partial charge in [0.25, 0.3) is 0 Å². The lowest BCUT2D eigenvalue weighted by molar-refractivity contribution is 0.328. The predicted molar refractivity (Wildman–Crippen MR) is 84.0 cm³/mol. The van der Waals surface area contributed by atoms with Crippen LogP contribution >= 0.6 is 0 Å². The van der Waals surface area contributed by atoms with E-state index in [9.17, 15) is 0 Å². The van der Waals surface area contributed by atoms with Crippen molar-refractivity contribution in [2.45, 2.75) is 52.9 Å². The van der Waals surface area contributed by atoms with E-state index < -0.39 is 0 Å². The Labute approximate surface area is 122 Å². The molecule has 0 unspecified atom stereocenters. The molecular weight excluding hydrogens is 252 g/mol. The molecule has 0 atom stereocenters. The van der Waals surface area contributed by atoms with E-state index in [1.165, 1.54) is 32.0 Å². The molecule has 0 radical (unpaired) electrons. The Balaban J connectivity index is 2.23. The number of anilines is 2. The average molecular weight is 280 g/mol. The number of hydrogen-bond acceptors (Lipinski definition) is 5. The summed E-state index contributed by atoms with van der Waals surface area (Å²) in [5.41, 5.74) is 6.45. The first-order chi connectivity index (χ1) is 9.65. The number of rotatable bonds is 10. The van der Waals surface area contributed by atoms with Crippen molar-refractivity contribution in [3.05, 3.63) is 6.33 Å². The Bertz CT molecular complexity index is 382. The van der Waals surface area contributed by atoms with Crippen molar-refractivity contribution in [1.29, 1.82) is 0 Å². The molecule has 0 aliphatic heterocycles. The Morgan fingerprint density at radius 1 is 1.20 bits per heavy atom. The maximum Gasteiger partial charge on any atom is 0.242 e. The van der Waals surface area contributed by atoms with Gasteiger partial charge in [-0.1, -0.05) is 39.5 Å². The molecule has 0 aliphatic rings. The molecular formula is C15H28N4O. The van der Waals surface area contributed by atoms with Gasteiger partial charge < -0.3 is 15.8 Å². The summed E-state index contributed by atoms with van der Waals surface area (Å²) >= 11 is 0. The predicted octanol–water partition coefficient (Wildman–Crippen LogP) is 3.48. The van der Waals surface area contributed by atoms with Gasteiger partial charge in [0, 0.05) is 6.54 Å². The van der Waals surface area contributed by atoms with Crippen molar-refractivity contribution in [3.8, 4) is 5.88 Å². The van der Waals surface area contributed by atoms with Gasteiger partial charge in [0.05, 0.1) is 6.61 Å². The zero-order valence-corrected chi connectivity index (χ0v) is 13.0. The summed E-state index contributed by atoms with van der Waals surface area (Å²) in [6.07, 6.45) is 7.79. The Kier molecular flexibility index (Phi) is 7.77. The van der Waals surface area contributed by atoms with Crippen molar-refractivity contribution in [1.82, 2.24) is 9.97 Å². The third-order valence-corrected chi connectivity index (χ3v) is 3.13. The molecule has 0 saturated heterocycles. The van der Waals surface area contributed by atoms with Crippen LogP contribution < -0.4 is 15.8 Å². The first-order valence-corrected chi connectivity index (χ1v) is 7.62. The lowest BCUT2D eigenvalue weighted by Gasteiger charge is -2.11. The molecule has 0 aromatic carbocycles. The number of aromatic nitrogens is 2. The van der Waals surface area contributed by atoms with Crippen molar-refractivity contribution in [2.75, 3.05) is 24.2 Å². The van der Waals surface area contributed by atoms with Crippen LogP contribution in [0.15, 0.2) is 6.33 Å². The molecule has 0 amide bonds. The molecule has 0 aliphatic carbocycles. The molecule has 0 bridgehead atoms. The standard InChI is InChI=1S/C15H28N4O/c1-4-20-15-13(16)14(18-11-19-15)17-10-8-6-5-7-9-12(2)3/h11-12H,4-10,16H2,1-3H3,(H,17,18,19). The van der Waals surface area contributed by atoms with Crippen LogP contribution in [0.2, 0.25) is 0 Å². The molecule has 1 aromatic heterocycles. The summed E-state index contributed by atoms with van der Waals surface area (Å²) in [6.45, 7) is 7.89. The Hall–Kier alpha value is -1.52. The summed E-state index contributed by atoms with van der Waals surface area (Å²) in [7, 11) is 0. The maximum absolute atomic E-state index is 5.95. The number of hydrogen-bond donors (Lipinski definition) is 2. The first-order valence-electron chi connectivity index (χ1n) is 7.62. The van der Waals surface area contributed by atoms with Crippen LogP contribution in [0.5, 0.6) is 5.88 Å². The highest BCUT2D eigenvalue weighted by atomic mass is 16.5. The largest absolute Gasteiger partial charge is 0.476 e. The summed E-state index contributed by atoms with van der Waals surface area (Å²) < 4.78 is 5.34. The second kappa shape index (κ2) is 9.39. The molecule has 5 nitrogen and oxygen atoms in total. The number of nitrogens with zero attached hydrogens (tertiary/aromatic N) is 2. The second-order valence-corrected chi connectivity index (χ2v) is 5.40. The smallest absolute Gasteiger partial charge is 0.242 e. The number of ether oxygens (including phenoxy) is 1. The summed E-state index contributed by atoms with van der Waals surface area (Å²) in [4.78, 5) is 8.17. The van der Waals surface area contributed by atoms with E-state index in [1.54, 1.807) is 0 Å². The minimum absolute atomic E-state index is 0.460. The fourth-order valence-corrected chi connectivity index (χ4v) is 2.01. The van der Waals surface area contributed by atoms with E-state index >= 15 is 0 Å². The molecule has 0 saturated carbocycles. The van der Waals surface area contributed by atoms with Gasteiger partial charge in [0.2, 0.25) is 5.88 Å². The van der Waals surface area contributed by atoms with Gasteiger partial charge in [-0.15, -0.1) is 0 Å². The van der Waals surface area contributed by atoms with E-state index in [0.29, 0.717) is 24.0 Å². The van der Waals surface area contributed by atoms with Gasteiger partial charge >= 0.3 is 0 Å². The third-order valence-electron chi connectivity index (χ3n) is 3.13. The second-order valence-electron chi connectivity index (χ2n) is 5.40. The van der Waals surface area contributed by atoms with Gasteiger partial charge in [-0.25, -0.2) is 4.98 Å².